The normalized spacial score (nSPS) is 20.8. The number of carbonyl (C=O) groups excluding carboxylic acids is 2. The number of allylic oxidation sites excluding steroid dienone is 1. The summed E-state index contributed by atoms with van der Waals surface area (Å²) in [7, 11) is 1.27. The second-order valence-corrected chi connectivity index (χ2v) is 8.48. The van der Waals surface area contributed by atoms with Gasteiger partial charge in [-0.1, -0.05) is 16.4 Å². The van der Waals surface area contributed by atoms with E-state index < -0.39 is 29.2 Å². The minimum atomic E-state index is -1.25. The molecule has 4 heterocycles. The maximum absolute atomic E-state index is 12.8. The Morgan fingerprint density at radius 1 is 1.47 bits per heavy atom. The molecule has 166 valence electrons. The number of carbonyl (C=O) groups is 3. The van der Waals surface area contributed by atoms with Gasteiger partial charge in [0.15, 0.2) is 16.6 Å². The summed E-state index contributed by atoms with van der Waals surface area (Å²) in [5.74, 6) is -1.72. The van der Waals surface area contributed by atoms with Crippen molar-refractivity contribution in [3.8, 4) is 0 Å². The number of nitrogen functional groups attached to an aromatic ring is 1. The number of thioether (sulfide) groups is 1. The summed E-state index contributed by atoms with van der Waals surface area (Å²) < 4.78 is 4.97. The number of nitrogens with two attached hydrogens (primary N) is 1. The zero-order valence-corrected chi connectivity index (χ0v) is 18.1. The predicted octanol–water partition coefficient (Wildman–Crippen LogP) is 0.516. The summed E-state index contributed by atoms with van der Waals surface area (Å²) >= 11 is 2.45. The van der Waals surface area contributed by atoms with E-state index in [1.165, 1.54) is 30.4 Å². The summed E-state index contributed by atoms with van der Waals surface area (Å²) in [5.41, 5.74) is 5.98. The molecule has 12 nitrogen and oxygen atoms in total. The van der Waals surface area contributed by atoms with Crippen LogP contribution >= 0.6 is 23.1 Å². The summed E-state index contributed by atoms with van der Waals surface area (Å²) in [5, 5.41) is 20.8. The molecule has 2 aromatic heterocycles. The van der Waals surface area contributed by atoms with Crippen molar-refractivity contribution in [2.45, 2.75) is 11.4 Å². The predicted molar refractivity (Wildman–Crippen MR) is 115 cm³/mol. The Balaban J connectivity index is 1.53. The number of rotatable bonds is 7. The van der Waals surface area contributed by atoms with Crippen molar-refractivity contribution in [1.82, 2.24) is 20.4 Å². The number of aromatic nitrogens is 2. The fourth-order valence-electron chi connectivity index (χ4n) is 3.17. The molecule has 0 aromatic carbocycles. The van der Waals surface area contributed by atoms with Gasteiger partial charge in [-0.05, 0) is 11.6 Å². The van der Waals surface area contributed by atoms with Gasteiger partial charge in [-0.3, -0.25) is 14.5 Å². The highest BCUT2D eigenvalue weighted by molar-refractivity contribution is 8.00. The number of hydrogen-bond donors (Lipinski definition) is 3. The van der Waals surface area contributed by atoms with E-state index in [2.05, 4.69) is 20.6 Å². The quantitative estimate of drug-likeness (QED) is 0.290. The molecule has 2 atom stereocenters. The average Bonchev–Trinajstić information content (AvgIpc) is 3.45. The third kappa shape index (κ3) is 3.97. The number of thiazole rings is 1. The van der Waals surface area contributed by atoms with Crippen LogP contribution in [0.25, 0.3) is 6.08 Å². The Morgan fingerprint density at radius 3 is 2.91 bits per heavy atom. The molecule has 2 aromatic rings. The molecule has 32 heavy (non-hydrogen) atoms. The average molecular weight is 476 g/mol. The molecular formula is C18H16N6O6S2. The van der Waals surface area contributed by atoms with E-state index in [4.69, 9.17) is 15.1 Å². The lowest BCUT2D eigenvalue weighted by Crippen LogP contribution is -2.71. The van der Waals surface area contributed by atoms with Crippen LogP contribution < -0.4 is 11.1 Å². The first kappa shape index (κ1) is 21.6. The SMILES string of the molecule is CO/N=C(\C(=O)N[C@@H]1C(=O)N2C(C(=O)O)=C(/C=C\c3ccno3)CS[C@H]12)c1csc(N)n1. The second-order valence-electron chi connectivity index (χ2n) is 6.48. The summed E-state index contributed by atoms with van der Waals surface area (Å²) in [6, 6.07) is 0.686. The maximum Gasteiger partial charge on any atom is 0.352 e. The van der Waals surface area contributed by atoms with Gasteiger partial charge in [0.2, 0.25) is 0 Å². The molecule has 0 unspecified atom stereocenters. The van der Waals surface area contributed by atoms with E-state index in [0.717, 1.165) is 16.2 Å². The van der Waals surface area contributed by atoms with E-state index in [0.29, 0.717) is 17.1 Å². The van der Waals surface area contributed by atoms with Crippen molar-refractivity contribution in [3.05, 3.63) is 46.4 Å². The second kappa shape index (κ2) is 8.84. The number of oxime groups is 1. The molecular weight excluding hydrogens is 460 g/mol. The third-order valence-corrected chi connectivity index (χ3v) is 6.53. The Morgan fingerprint density at radius 2 is 2.28 bits per heavy atom. The smallest absolute Gasteiger partial charge is 0.352 e. The molecule has 1 saturated heterocycles. The van der Waals surface area contributed by atoms with E-state index >= 15 is 0 Å². The van der Waals surface area contributed by atoms with E-state index in [1.54, 1.807) is 18.2 Å². The summed E-state index contributed by atoms with van der Waals surface area (Å²) in [6.07, 6.45) is 4.61. The number of β-lactam (4-membered cyclic amide) rings is 1. The largest absolute Gasteiger partial charge is 0.477 e. The number of amides is 2. The Bertz CT molecular complexity index is 1150. The van der Waals surface area contributed by atoms with Crippen LogP contribution in [0, 0.1) is 0 Å². The maximum atomic E-state index is 12.8. The fraction of sp³-hybridized carbons (Fsp3) is 0.222. The lowest BCUT2D eigenvalue weighted by Gasteiger charge is -2.49. The molecule has 2 aliphatic heterocycles. The Hall–Kier alpha value is -3.65. The fourth-order valence-corrected chi connectivity index (χ4v) is 5.03. The topological polar surface area (TPSA) is 173 Å². The summed E-state index contributed by atoms with van der Waals surface area (Å²) in [6.45, 7) is 0. The van der Waals surface area contributed by atoms with Gasteiger partial charge in [-0.2, -0.15) is 0 Å². The standard InChI is InChI=1S/C18H16N6O6S2/c1-29-23-11(10-7-32-18(19)21-10)14(25)22-12-15(26)24-13(17(27)28)8(6-31-16(12)24)2-3-9-4-5-20-30-9/h2-5,7,12,16H,6H2,1H3,(H2,19,21)(H,22,25)(H,27,28)/b3-2-,23-11-/t12-,16-/m1/s1. The van der Waals surface area contributed by atoms with Gasteiger partial charge in [0.05, 0.1) is 6.20 Å². The van der Waals surface area contributed by atoms with Crippen molar-refractivity contribution in [2.24, 2.45) is 5.16 Å². The van der Waals surface area contributed by atoms with Crippen molar-refractivity contribution in [3.63, 3.8) is 0 Å². The first-order valence-electron chi connectivity index (χ1n) is 9.04. The number of carboxylic acid groups (broad SMARTS) is 1. The lowest BCUT2D eigenvalue weighted by molar-refractivity contribution is -0.150. The van der Waals surface area contributed by atoms with Crippen molar-refractivity contribution >= 4 is 57.8 Å². The molecule has 0 bridgehead atoms. The molecule has 2 amide bonds. The van der Waals surface area contributed by atoms with Gasteiger partial charge in [-0.25, -0.2) is 9.78 Å². The monoisotopic (exact) mass is 476 g/mol. The van der Waals surface area contributed by atoms with Crippen LogP contribution in [0.3, 0.4) is 0 Å². The highest BCUT2D eigenvalue weighted by Gasteiger charge is 2.54. The number of fused-ring (bicyclic) bond motifs is 1. The summed E-state index contributed by atoms with van der Waals surface area (Å²) in [4.78, 5) is 47.3. The first-order valence-corrected chi connectivity index (χ1v) is 11.0. The molecule has 2 aliphatic rings. The number of carboxylic acids is 1. The zero-order chi connectivity index (χ0) is 22.8. The zero-order valence-electron chi connectivity index (χ0n) is 16.4. The van der Waals surface area contributed by atoms with Crippen molar-refractivity contribution in [2.75, 3.05) is 18.6 Å². The van der Waals surface area contributed by atoms with Crippen LogP contribution in [-0.4, -0.2) is 67.9 Å². The first-order chi connectivity index (χ1) is 15.4. The van der Waals surface area contributed by atoms with Gasteiger partial charge in [0.1, 0.15) is 29.9 Å². The molecule has 0 spiro atoms. The number of hydrogen-bond acceptors (Lipinski definition) is 11. The van der Waals surface area contributed by atoms with Gasteiger partial charge < -0.3 is 25.5 Å². The molecule has 4 N–H and O–H groups in total. The molecule has 0 radical (unpaired) electrons. The van der Waals surface area contributed by atoms with E-state index in [-0.39, 0.29) is 22.2 Å². The van der Waals surface area contributed by atoms with Crippen LogP contribution in [-0.2, 0) is 19.2 Å². The van der Waals surface area contributed by atoms with Crippen molar-refractivity contribution in [1.29, 1.82) is 0 Å². The van der Waals surface area contributed by atoms with Crippen LogP contribution in [0.1, 0.15) is 11.5 Å². The van der Waals surface area contributed by atoms with Gasteiger partial charge >= 0.3 is 5.97 Å². The van der Waals surface area contributed by atoms with Gasteiger partial charge in [-0.15, -0.1) is 23.1 Å². The molecule has 0 aliphatic carbocycles. The number of aliphatic carboxylic acids is 1. The Kier molecular flexibility index (Phi) is 5.96. The van der Waals surface area contributed by atoms with E-state index in [9.17, 15) is 19.5 Å². The highest BCUT2D eigenvalue weighted by atomic mass is 32.2. The minimum Gasteiger partial charge on any atom is -0.477 e. The number of anilines is 1. The van der Waals surface area contributed by atoms with E-state index in [1.807, 2.05) is 0 Å². The molecule has 1 fully saturated rings. The van der Waals surface area contributed by atoms with Gasteiger partial charge in [0.25, 0.3) is 11.8 Å². The third-order valence-electron chi connectivity index (χ3n) is 4.56. The van der Waals surface area contributed by atoms with Crippen LogP contribution in [0.4, 0.5) is 5.13 Å². The number of nitrogens with one attached hydrogen (secondary N) is 1. The van der Waals surface area contributed by atoms with Crippen LogP contribution in [0.15, 0.2) is 44.7 Å². The minimum absolute atomic E-state index is 0.141. The van der Waals surface area contributed by atoms with Gasteiger partial charge in [0, 0.05) is 17.2 Å². The Labute approximate surface area is 188 Å². The molecule has 4 rings (SSSR count). The van der Waals surface area contributed by atoms with Crippen LogP contribution in [0.5, 0.6) is 0 Å². The molecule has 0 saturated carbocycles. The lowest BCUT2D eigenvalue weighted by atomic mass is 10.0. The number of nitrogens with zero attached hydrogens (tertiary/aromatic N) is 4. The highest BCUT2D eigenvalue weighted by Crippen LogP contribution is 2.40. The van der Waals surface area contributed by atoms with Crippen molar-refractivity contribution < 1.29 is 28.9 Å². The van der Waals surface area contributed by atoms with Crippen LogP contribution in [0.2, 0.25) is 0 Å². The molecule has 14 heteroatoms.